The highest BCUT2D eigenvalue weighted by Crippen LogP contribution is 2.36. The molecule has 2 heterocycles. The second-order valence-electron chi connectivity index (χ2n) is 5.19. The molecule has 1 atom stereocenters. The number of fused-ring (bicyclic) bond motifs is 1. The van der Waals surface area contributed by atoms with Crippen LogP contribution in [0.1, 0.15) is 17.7 Å². The molecule has 114 valence electrons. The van der Waals surface area contributed by atoms with Crippen molar-refractivity contribution >= 4 is 12.0 Å². The Morgan fingerprint density at radius 3 is 3.00 bits per heavy atom. The Balaban J connectivity index is 1.65. The van der Waals surface area contributed by atoms with Gasteiger partial charge in [0, 0.05) is 18.1 Å². The van der Waals surface area contributed by atoms with Gasteiger partial charge in [0.15, 0.2) is 0 Å². The van der Waals surface area contributed by atoms with Gasteiger partial charge in [0.05, 0.1) is 19.4 Å². The van der Waals surface area contributed by atoms with Gasteiger partial charge in [0.1, 0.15) is 17.1 Å². The Morgan fingerprint density at radius 2 is 2.18 bits per heavy atom. The predicted octanol–water partition coefficient (Wildman–Crippen LogP) is 2.08. The molecule has 0 bridgehead atoms. The van der Waals surface area contributed by atoms with Crippen molar-refractivity contribution in [1.82, 2.24) is 5.32 Å². The first kappa shape index (κ1) is 14.4. The van der Waals surface area contributed by atoms with Crippen molar-refractivity contribution in [2.45, 2.75) is 12.0 Å². The average Bonchev–Trinajstić information content (AvgIpc) is 3.05. The molecule has 2 N–H and O–H groups in total. The summed E-state index contributed by atoms with van der Waals surface area (Å²) in [6, 6.07) is 10.8. The van der Waals surface area contributed by atoms with E-state index in [1.165, 1.54) is 6.08 Å². The first-order valence-electron chi connectivity index (χ1n) is 7.11. The summed E-state index contributed by atoms with van der Waals surface area (Å²) in [5.41, 5.74) is -0.403. The number of carbonyl (C=O) groups is 1. The van der Waals surface area contributed by atoms with Crippen molar-refractivity contribution < 1.29 is 19.1 Å². The van der Waals surface area contributed by atoms with Crippen LogP contribution in [0.25, 0.3) is 6.08 Å². The van der Waals surface area contributed by atoms with E-state index in [4.69, 9.17) is 9.15 Å². The average molecular weight is 299 g/mol. The van der Waals surface area contributed by atoms with Gasteiger partial charge in [0.25, 0.3) is 0 Å². The fourth-order valence-electron chi connectivity index (χ4n) is 2.46. The third kappa shape index (κ3) is 3.04. The maximum atomic E-state index is 11.9. The van der Waals surface area contributed by atoms with E-state index in [2.05, 4.69) is 5.32 Å². The molecule has 0 fully saturated rings. The van der Waals surface area contributed by atoms with Gasteiger partial charge < -0.3 is 19.6 Å². The number of aliphatic hydroxyl groups is 1. The highest BCUT2D eigenvalue weighted by Gasteiger charge is 2.35. The van der Waals surface area contributed by atoms with E-state index in [1.54, 1.807) is 24.5 Å². The number of furan rings is 1. The minimum absolute atomic E-state index is 0.134. The molecule has 22 heavy (non-hydrogen) atoms. The standard InChI is InChI=1S/C17H17NO4/c19-16(8-7-13-4-3-10-21-13)18-12-17(20)9-11-22-15-6-2-1-5-14(15)17/h1-8,10,20H,9,11-12H2,(H,18,19)/b8-7+. The van der Waals surface area contributed by atoms with Gasteiger partial charge in [-0.15, -0.1) is 0 Å². The first-order chi connectivity index (χ1) is 10.7. The zero-order valence-electron chi connectivity index (χ0n) is 12.0. The van der Waals surface area contributed by atoms with Crippen molar-refractivity contribution in [3.8, 4) is 5.75 Å². The lowest BCUT2D eigenvalue weighted by Gasteiger charge is -2.34. The van der Waals surface area contributed by atoms with Gasteiger partial charge in [-0.05, 0) is 24.3 Å². The SMILES string of the molecule is O=C(/C=C/c1ccco1)NCC1(O)CCOc2ccccc21. The van der Waals surface area contributed by atoms with Gasteiger partial charge in [-0.3, -0.25) is 4.79 Å². The summed E-state index contributed by atoms with van der Waals surface area (Å²) in [7, 11) is 0. The Morgan fingerprint density at radius 1 is 1.32 bits per heavy atom. The van der Waals surface area contributed by atoms with Gasteiger partial charge in [0.2, 0.25) is 5.91 Å². The number of amides is 1. The summed E-state index contributed by atoms with van der Waals surface area (Å²) in [6.07, 6.45) is 4.94. The number of nitrogens with one attached hydrogen (secondary N) is 1. The van der Waals surface area contributed by atoms with Crippen molar-refractivity contribution in [3.05, 3.63) is 60.1 Å². The fraction of sp³-hybridized carbons (Fsp3) is 0.235. The maximum Gasteiger partial charge on any atom is 0.244 e. The molecular weight excluding hydrogens is 282 g/mol. The van der Waals surface area contributed by atoms with E-state index in [9.17, 15) is 9.90 Å². The third-order valence-corrected chi connectivity index (χ3v) is 3.66. The molecule has 2 aromatic rings. The van der Waals surface area contributed by atoms with Crippen molar-refractivity contribution in [2.24, 2.45) is 0 Å². The lowest BCUT2D eigenvalue weighted by molar-refractivity contribution is -0.118. The molecule has 1 amide bonds. The summed E-state index contributed by atoms with van der Waals surface area (Å²) >= 11 is 0. The third-order valence-electron chi connectivity index (χ3n) is 3.66. The van der Waals surface area contributed by atoms with Gasteiger partial charge in [-0.1, -0.05) is 18.2 Å². The van der Waals surface area contributed by atoms with Crippen LogP contribution in [-0.4, -0.2) is 24.2 Å². The lowest BCUT2D eigenvalue weighted by Crippen LogP contribution is -2.43. The van der Waals surface area contributed by atoms with Crippen LogP contribution < -0.4 is 10.1 Å². The number of ether oxygens (including phenoxy) is 1. The molecule has 5 nitrogen and oxygen atoms in total. The second kappa shape index (κ2) is 6.07. The minimum atomic E-state index is -1.11. The number of rotatable bonds is 4. The van der Waals surface area contributed by atoms with Crippen LogP contribution in [0, 0.1) is 0 Å². The molecular formula is C17H17NO4. The molecule has 0 saturated heterocycles. The molecule has 3 rings (SSSR count). The number of hydrogen-bond donors (Lipinski definition) is 2. The summed E-state index contributed by atoms with van der Waals surface area (Å²) in [4.78, 5) is 11.9. The lowest BCUT2D eigenvalue weighted by atomic mass is 9.88. The number of hydrogen-bond acceptors (Lipinski definition) is 4. The van der Waals surface area contributed by atoms with E-state index in [1.807, 2.05) is 24.3 Å². The van der Waals surface area contributed by atoms with E-state index in [0.29, 0.717) is 30.1 Å². The molecule has 1 unspecified atom stereocenters. The summed E-state index contributed by atoms with van der Waals surface area (Å²) in [5.74, 6) is 0.982. The Bertz CT molecular complexity index is 678. The van der Waals surface area contributed by atoms with Crippen LogP contribution in [0.15, 0.2) is 53.2 Å². The number of carbonyl (C=O) groups excluding carboxylic acids is 1. The highest BCUT2D eigenvalue weighted by molar-refractivity contribution is 5.91. The summed E-state index contributed by atoms with van der Waals surface area (Å²) in [5, 5.41) is 13.5. The van der Waals surface area contributed by atoms with Crippen molar-refractivity contribution in [1.29, 1.82) is 0 Å². The first-order valence-corrected chi connectivity index (χ1v) is 7.11. The van der Waals surface area contributed by atoms with Crippen LogP contribution in [-0.2, 0) is 10.4 Å². The minimum Gasteiger partial charge on any atom is -0.493 e. The van der Waals surface area contributed by atoms with Crippen LogP contribution in [0.2, 0.25) is 0 Å². The molecule has 1 aliphatic rings. The predicted molar refractivity (Wildman–Crippen MR) is 81.2 cm³/mol. The Labute approximate surface area is 128 Å². The molecule has 0 radical (unpaired) electrons. The van der Waals surface area contributed by atoms with Crippen LogP contribution in [0.5, 0.6) is 5.75 Å². The summed E-state index contributed by atoms with van der Waals surface area (Å²) in [6.45, 7) is 0.556. The van der Waals surface area contributed by atoms with Gasteiger partial charge in [-0.25, -0.2) is 0 Å². The normalized spacial score (nSPS) is 20.4. The topological polar surface area (TPSA) is 71.7 Å². The molecule has 0 spiro atoms. The number of benzene rings is 1. The van der Waals surface area contributed by atoms with Crippen molar-refractivity contribution in [2.75, 3.05) is 13.2 Å². The van der Waals surface area contributed by atoms with Gasteiger partial charge >= 0.3 is 0 Å². The van der Waals surface area contributed by atoms with E-state index in [0.717, 1.165) is 0 Å². The molecule has 1 aromatic heterocycles. The van der Waals surface area contributed by atoms with Gasteiger partial charge in [-0.2, -0.15) is 0 Å². The Hall–Kier alpha value is -2.53. The molecule has 5 heteroatoms. The molecule has 0 saturated carbocycles. The zero-order valence-corrected chi connectivity index (χ0v) is 12.0. The smallest absolute Gasteiger partial charge is 0.244 e. The van der Waals surface area contributed by atoms with Crippen LogP contribution in [0.4, 0.5) is 0 Å². The Kier molecular flexibility index (Phi) is 3.98. The van der Waals surface area contributed by atoms with E-state index < -0.39 is 5.60 Å². The van der Waals surface area contributed by atoms with E-state index >= 15 is 0 Å². The molecule has 0 aliphatic carbocycles. The fourth-order valence-corrected chi connectivity index (χ4v) is 2.46. The quantitative estimate of drug-likeness (QED) is 0.848. The van der Waals surface area contributed by atoms with Crippen LogP contribution >= 0.6 is 0 Å². The zero-order chi connectivity index (χ0) is 15.4. The molecule has 1 aliphatic heterocycles. The van der Waals surface area contributed by atoms with E-state index in [-0.39, 0.29) is 12.5 Å². The second-order valence-corrected chi connectivity index (χ2v) is 5.19. The number of para-hydroxylation sites is 1. The van der Waals surface area contributed by atoms with Crippen molar-refractivity contribution in [3.63, 3.8) is 0 Å². The monoisotopic (exact) mass is 299 g/mol. The maximum absolute atomic E-state index is 11.9. The highest BCUT2D eigenvalue weighted by atomic mass is 16.5. The van der Waals surface area contributed by atoms with Crippen LogP contribution in [0.3, 0.4) is 0 Å². The summed E-state index contributed by atoms with van der Waals surface area (Å²) < 4.78 is 10.6. The largest absolute Gasteiger partial charge is 0.493 e. The molecule has 1 aromatic carbocycles.